The third-order valence-electron chi connectivity index (χ3n) is 3.07. The van der Waals surface area contributed by atoms with Gasteiger partial charge in [-0.15, -0.1) is 0 Å². The Morgan fingerprint density at radius 1 is 1.12 bits per heavy atom. The molecule has 1 fully saturated rings. The van der Waals surface area contributed by atoms with Crippen molar-refractivity contribution in [3.05, 3.63) is 35.9 Å². The lowest BCUT2D eigenvalue weighted by molar-refractivity contribution is -0.148. The zero-order chi connectivity index (χ0) is 12.3. The van der Waals surface area contributed by atoms with E-state index < -0.39 is 0 Å². The molecule has 2 amide bonds. The molecule has 0 radical (unpaired) electrons. The molecule has 17 heavy (non-hydrogen) atoms. The molecule has 4 nitrogen and oxygen atoms in total. The van der Waals surface area contributed by atoms with E-state index in [1.54, 1.807) is 0 Å². The summed E-state index contributed by atoms with van der Waals surface area (Å²) in [5.41, 5.74) is 6.44. The van der Waals surface area contributed by atoms with E-state index in [0.717, 1.165) is 5.56 Å². The van der Waals surface area contributed by atoms with Gasteiger partial charge in [0.05, 0.1) is 0 Å². The van der Waals surface area contributed by atoms with Crippen molar-refractivity contribution in [1.29, 1.82) is 0 Å². The highest BCUT2D eigenvalue weighted by Gasteiger charge is 2.32. The second kappa shape index (κ2) is 5.10. The summed E-state index contributed by atoms with van der Waals surface area (Å²) in [6.07, 6.45) is 0.797. The number of benzene rings is 1. The Bertz CT molecular complexity index is 399. The van der Waals surface area contributed by atoms with Crippen LogP contribution in [0.25, 0.3) is 0 Å². The lowest BCUT2D eigenvalue weighted by Crippen LogP contribution is -2.44. The van der Waals surface area contributed by atoms with Crippen molar-refractivity contribution < 1.29 is 9.59 Å². The summed E-state index contributed by atoms with van der Waals surface area (Å²) in [7, 11) is 0. The Kier molecular flexibility index (Phi) is 3.54. The highest BCUT2D eigenvalue weighted by Crippen LogP contribution is 2.28. The molecule has 2 rings (SSSR count). The van der Waals surface area contributed by atoms with Crippen molar-refractivity contribution in [1.82, 2.24) is 4.90 Å². The van der Waals surface area contributed by atoms with Crippen LogP contribution in [0.5, 0.6) is 0 Å². The first-order valence-electron chi connectivity index (χ1n) is 5.80. The van der Waals surface area contributed by atoms with Crippen LogP contribution in [0.15, 0.2) is 30.3 Å². The molecule has 0 spiro atoms. The Balaban J connectivity index is 2.12. The maximum Gasteiger partial charge on any atom is 0.229 e. The minimum absolute atomic E-state index is 0.0187. The van der Waals surface area contributed by atoms with E-state index in [1.807, 2.05) is 30.3 Å². The molecule has 2 N–H and O–H groups in total. The fraction of sp³-hybridized carbons (Fsp3) is 0.385. The van der Waals surface area contributed by atoms with Crippen molar-refractivity contribution in [3.63, 3.8) is 0 Å². The first kappa shape index (κ1) is 11.8. The molecule has 90 valence electrons. The molecular formula is C13H16N2O2. The number of hydrogen-bond acceptors (Lipinski definition) is 3. The monoisotopic (exact) mass is 232 g/mol. The van der Waals surface area contributed by atoms with Crippen LogP contribution < -0.4 is 5.73 Å². The molecule has 1 aromatic carbocycles. The van der Waals surface area contributed by atoms with Gasteiger partial charge in [-0.25, -0.2) is 0 Å². The maximum absolute atomic E-state index is 11.8. The number of rotatable bonds is 3. The Morgan fingerprint density at radius 2 is 1.71 bits per heavy atom. The van der Waals surface area contributed by atoms with Crippen LogP contribution in [0.4, 0.5) is 0 Å². The molecular weight excluding hydrogens is 216 g/mol. The standard InChI is InChI=1S/C13H16N2O2/c14-6-7-15-12(16)8-11(9-13(15)17)10-4-2-1-3-5-10/h1-5,11H,6-9,14H2. The molecule has 0 atom stereocenters. The van der Waals surface area contributed by atoms with Crippen molar-refractivity contribution >= 4 is 11.8 Å². The van der Waals surface area contributed by atoms with E-state index in [0.29, 0.717) is 25.9 Å². The Hall–Kier alpha value is -1.68. The Morgan fingerprint density at radius 3 is 2.24 bits per heavy atom. The van der Waals surface area contributed by atoms with Gasteiger partial charge in [0, 0.05) is 31.8 Å². The molecule has 0 unspecified atom stereocenters. The zero-order valence-electron chi connectivity index (χ0n) is 9.63. The third kappa shape index (κ3) is 2.53. The fourth-order valence-corrected chi connectivity index (χ4v) is 2.19. The van der Waals surface area contributed by atoms with Gasteiger partial charge in [0.2, 0.25) is 11.8 Å². The number of nitrogens with zero attached hydrogens (tertiary/aromatic N) is 1. The van der Waals surface area contributed by atoms with Gasteiger partial charge in [0.1, 0.15) is 0 Å². The number of likely N-dealkylation sites (tertiary alicyclic amines) is 1. The summed E-state index contributed by atoms with van der Waals surface area (Å²) < 4.78 is 0. The van der Waals surface area contributed by atoms with E-state index in [-0.39, 0.29) is 17.7 Å². The molecule has 1 heterocycles. The number of piperidine rings is 1. The number of carbonyl (C=O) groups excluding carboxylic acids is 2. The topological polar surface area (TPSA) is 63.4 Å². The average molecular weight is 232 g/mol. The van der Waals surface area contributed by atoms with Gasteiger partial charge in [-0.2, -0.15) is 0 Å². The van der Waals surface area contributed by atoms with Crippen LogP contribution in [-0.4, -0.2) is 29.8 Å². The lowest BCUT2D eigenvalue weighted by atomic mass is 9.88. The second-order valence-corrected chi connectivity index (χ2v) is 4.24. The third-order valence-corrected chi connectivity index (χ3v) is 3.07. The van der Waals surface area contributed by atoms with E-state index in [9.17, 15) is 9.59 Å². The van der Waals surface area contributed by atoms with Gasteiger partial charge >= 0.3 is 0 Å². The predicted molar refractivity (Wildman–Crippen MR) is 64.2 cm³/mol. The van der Waals surface area contributed by atoms with Gasteiger partial charge in [-0.1, -0.05) is 30.3 Å². The summed E-state index contributed by atoms with van der Waals surface area (Å²) >= 11 is 0. The van der Waals surface area contributed by atoms with E-state index in [1.165, 1.54) is 4.90 Å². The lowest BCUT2D eigenvalue weighted by Gasteiger charge is -2.29. The van der Waals surface area contributed by atoms with E-state index in [2.05, 4.69) is 0 Å². The predicted octanol–water partition coefficient (Wildman–Crippen LogP) is 0.878. The highest BCUT2D eigenvalue weighted by atomic mass is 16.2. The SMILES string of the molecule is NCCN1C(=O)CC(c2ccccc2)CC1=O. The normalized spacial score (nSPS) is 17.6. The molecule has 1 saturated heterocycles. The number of nitrogens with two attached hydrogens (primary N) is 1. The maximum atomic E-state index is 11.8. The largest absolute Gasteiger partial charge is 0.329 e. The van der Waals surface area contributed by atoms with Gasteiger partial charge in [0.15, 0.2) is 0 Å². The van der Waals surface area contributed by atoms with Gasteiger partial charge in [-0.3, -0.25) is 14.5 Å². The number of carbonyl (C=O) groups is 2. The van der Waals surface area contributed by atoms with Crippen molar-refractivity contribution in [2.45, 2.75) is 18.8 Å². The summed E-state index contributed by atoms with van der Waals surface area (Å²) in [6.45, 7) is 0.659. The minimum atomic E-state index is -0.111. The van der Waals surface area contributed by atoms with Gasteiger partial charge < -0.3 is 5.73 Å². The van der Waals surface area contributed by atoms with Crippen LogP contribution in [0.3, 0.4) is 0 Å². The Labute approximate surface area is 100 Å². The minimum Gasteiger partial charge on any atom is -0.329 e. The number of hydrogen-bond donors (Lipinski definition) is 1. The first-order chi connectivity index (χ1) is 8.22. The quantitative estimate of drug-likeness (QED) is 0.787. The molecule has 1 aliphatic heterocycles. The van der Waals surface area contributed by atoms with E-state index in [4.69, 9.17) is 5.73 Å². The smallest absolute Gasteiger partial charge is 0.229 e. The first-order valence-corrected chi connectivity index (χ1v) is 5.80. The molecule has 1 aliphatic rings. The highest BCUT2D eigenvalue weighted by molar-refractivity contribution is 5.98. The van der Waals surface area contributed by atoms with E-state index >= 15 is 0 Å². The molecule has 0 aliphatic carbocycles. The van der Waals surface area contributed by atoms with Crippen molar-refractivity contribution in [3.8, 4) is 0 Å². The summed E-state index contributed by atoms with van der Waals surface area (Å²) in [5.74, 6) is -0.202. The number of imide groups is 1. The molecule has 1 aromatic rings. The summed E-state index contributed by atoms with van der Waals surface area (Å²) in [5, 5.41) is 0. The summed E-state index contributed by atoms with van der Waals surface area (Å²) in [6, 6.07) is 9.71. The van der Waals surface area contributed by atoms with Crippen LogP contribution in [0.1, 0.15) is 24.3 Å². The molecule has 0 aromatic heterocycles. The molecule has 0 bridgehead atoms. The van der Waals surface area contributed by atoms with Crippen LogP contribution in [0, 0.1) is 0 Å². The average Bonchev–Trinajstić information content (AvgIpc) is 2.35. The van der Waals surface area contributed by atoms with Crippen molar-refractivity contribution in [2.75, 3.05) is 13.1 Å². The fourth-order valence-electron chi connectivity index (χ4n) is 2.19. The van der Waals surface area contributed by atoms with Crippen LogP contribution in [-0.2, 0) is 9.59 Å². The van der Waals surface area contributed by atoms with Crippen molar-refractivity contribution in [2.24, 2.45) is 5.73 Å². The number of amides is 2. The molecule has 0 saturated carbocycles. The second-order valence-electron chi connectivity index (χ2n) is 4.24. The van der Waals surface area contributed by atoms with Crippen LogP contribution in [0.2, 0.25) is 0 Å². The summed E-state index contributed by atoms with van der Waals surface area (Å²) in [4.78, 5) is 24.9. The van der Waals surface area contributed by atoms with Gasteiger partial charge in [-0.05, 0) is 5.56 Å². The van der Waals surface area contributed by atoms with Crippen LogP contribution >= 0.6 is 0 Å². The zero-order valence-corrected chi connectivity index (χ0v) is 9.63. The molecule has 4 heteroatoms. The van der Waals surface area contributed by atoms with Gasteiger partial charge in [0.25, 0.3) is 0 Å².